The molecule has 3 nitrogen and oxygen atoms in total. The lowest BCUT2D eigenvalue weighted by Crippen LogP contribution is -2.04. The lowest BCUT2D eigenvalue weighted by atomic mass is 10.2. The fraction of sp³-hybridized carbons (Fsp3) is 0.250. The molecule has 2 N–H and O–H groups in total. The van der Waals surface area contributed by atoms with Crippen LogP contribution in [0.2, 0.25) is 5.02 Å². The molecule has 16 heavy (non-hydrogen) atoms. The Kier molecular flexibility index (Phi) is 3.27. The molecular formula is C12H14ClN3. The van der Waals surface area contributed by atoms with Gasteiger partial charge in [0.05, 0.1) is 11.4 Å². The van der Waals surface area contributed by atoms with Gasteiger partial charge in [0, 0.05) is 17.6 Å². The first kappa shape index (κ1) is 11.2. The third-order valence-corrected chi connectivity index (χ3v) is 2.87. The number of benzene rings is 1. The van der Waals surface area contributed by atoms with E-state index < -0.39 is 0 Å². The van der Waals surface area contributed by atoms with E-state index in [1.165, 1.54) is 0 Å². The van der Waals surface area contributed by atoms with Gasteiger partial charge in [0.25, 0.3) is 0 Å². The Bertz CT molecular complexity index is 491. The molecular weight excluding hydrogens is 222 g/mol. The lowest BCUT2D eigenvalue weighted by Gasteiger charge is -2.03. The molecule has 0 aliphatic carbocycles. The Morgan fingerprint density at radius 1 is 1.38 bits per heavy atom. The Hall–Kier alpha value is -1.32. The Balaban J connectivity index is 2.31. The van der Waals surface area contributed by atoms with E-state index >= 15 is 0 Å². The molecule has 0 bridgehead atoms. The normalized spacial score (nSPS) is 10.7. The zero-order valence-corrected chi connectivity index (χ0v) is 9.91. The van der Waals surface area contributed by atoms with E-state index in [-0.39, 0.29) is 0 Å². The van der Waals surface area contributed by atoms with Crippen molar-refractivity contribution in [1.82, 2.24) is 9.78 Å². The number of halogens is 1. The summed E-state index contributed by atoms with van der Waals surface area (Å²) in [5.41, 5.74) is 8.52. The highest BCUT2D eigenvalue weighted by molar-refractivity contribution is 6.31. The molecule has 0 unspecified atom stereocenters. The Morgan fingerprint density at radius 2 is 2.19 bits per heavy atom. The van der Waals surface area contributed by atoms with Crippen molar-refractivity contribution in [2.24, 2.45) is 5.73 Å². The molecule has 0 amide bonds. The Labute approximate surface area is 99.8 Å². The summed E-state index contributed by atoms with van der Waals surface area (Å²) >= 11 is 6.07. The van der Waals surface area contributed by atoms with Gasteiger partial charge in [0.1, 0.15) is 0 Å². The zero-order valence-electron chi connectivity index (χ0n) is 9.15. The quantitative estimate of drug-likeness (QED) is 0.888. The van der Waals surface area contributed by atoms with E-state index in [9.17, 15) is 0 Å². The molecule has 0 atom stereocenters. The summed E-state index contributed by atoms with van der Waals surface area (Å²) in [4.78, 5) is 0. The molecule has 0 spiro atoms. The van der Waals surface area contributed by atoms with Crippen molar-refractivity contribution in [2.75, 3.05) is 6.54 Å². The Morgan fingerprint density at radius 3 is 2.88 bits per heavy atom. The van der Waals surface area contributed by atoms with Gasteiger partial charge in [-0.05, 0) is 37.2 Å². The van der Waals surface area contributed by atoms with Crippen LogP contribution in [0.5, 0.6) is 0 Å². The second-order valence-electron chi connectivity index (χ2n) is 3.72. The fourth-order valence-corrected chi connectivity index (χ4v) is 1.69. The minimum absolute atomic E-state index is 0.617. The third-order valence-electron chi connectivity index (χ3n) is 2.46. The zero-order chi connectivity index (χ0) is 11.5. The van der Waals surface area contributed by atoms with Crippen LogP contribution >= 0.6 is 11.6 Å². The van der Waals surface area contributed by atoms with Crippen molar-refractivity contribution < 1.29 is 0 Å². The smallest absolute Gasteiger partial charge is 0.0660 e. The number of nitrogens with two attached hydrogens (primary N) is 1. The number of nitrogens with zero attached hydrogens (tertiary/aromatic N) is 2. The van der Waals surface area contributed by atoms with E-state index in [1.807, 2.05) is 42.1 Å². The van der Waals surface area contributed by atoms with Gasteiger partial charge in [-0.1, -0.05) is 17.7 Å². The van der Waals surface area contributed by atoms with E-state index in [0.717, 1.165) is 28.4 Å². The average Bonchev–Trinajstić information content (AvgIpc) is 2.71. The van der Waals surface area contributed by atoms with Crippen LogP contribution in [0.15, 0.2) is 30.5 Å². The molecule has 1 aromatic heterocycles. The van der Waals surface area contributed by atoms with Crippen molar-refractivity contribution in [2.45, 2.75) is 13.3 Å². The maximum Gasteiger partial charge on any atom is 0.0660 e. The van der Waals surface area contributed by atoms with Gasteiger partial charge in [-0.3, -0.25) is 0 Å². The van der Waals surface area contributed by atoms with Crippen molar-refractivity contribution in [1.29, 1.82) is 0 Å². The second kappa shape index (κ2) is 4.68. The van der Waals surface area contributed by atoms with Crippen LogP contribution in [-0.2, 0) is 6.42 Å². The van der Waals surface area contributed by atoms with E-state index in [4.69, 9.17) is 17.3 Å². The first-order valence-corrected chi connectivity index (χ1v) is 5.59. The first-order chi connectivity index (χ1) is 7.70. The summed E-state index contributed by atoms with van der Waals surface area (Å²) in [5.74, 6) is 0. The topological polar surface area (TPSA) is 43.8 Å². The monoisotopic (exact) mass is 235 g/mol. The van der Waals surface area contributed by atoms with Crippen molar-refractivity contribution in [3.05, 3.63) is 46.7 Å². The molecule has 0 aliphatic heterocycles. The number of aryl methyl sites for hydroxylation is 1. The first-order valence-electron chi connectivity index (χ1n) is 5.22. The molecule has 1 aromatic carbocycles. The van der Waals surface area contributed by atoms with Crippen LogP contribution < -0.4 is 5.73 Å². The molecule has 2 aromatic rings. The van der Waals surface area contributed by atoms with Gasteiger partial charge in [0.15, 0.2) is 0 Å². The van der Waals surface area contributed by atoms with E-state index in [0.29, 0.717) is 6.54 Å². The fourth-order valence-electron chi connectivity index (χ4n) is 1.51. The van der Waals surface area contributed by atoms with Gasteiger partial charge in [0.2, 0.25) is 0 Å². The highest BCUT2D eigenvalue weighted by atomic mass is 35.5. The molecule has 0 saturated carbocycles. The van der Waals surface area contributed by atoms with Crippen LogP contribution in [0.4, 0.5) is 0 Å². The molecule has 0 fully saturated rings. The average molecular weight is 236 g/mol. The summed E-state index contributed by atoms with van der Waals surface area (Å²) in [7, 11) is 0. The van der Waals surface area contributed by atoms with Crippen LogP contribution in [0.25, 0.3) is 5.69 Å². The predicted molar refractivity (Wildman–Crippen MR) is 66.1 cm³/mol. The van der Waals surface area contributed by atoms with Gasteiger partial charge in [-0.25, -0.2) is 4.68 Å². The third kappa shape index (κ3) is 2.26. The van der Waals surface area contributed by atoms with Gasteiger partial charge in [-0.15, -0.1) is 0 Å². The summed E-state index contributed by atoms with van der Waals surface area (Å²) < 4.78 is 1.82. The molecule has 2 rings (SSSR count). The summed E-state index contributed by atoms with van der Waals surface area (Å²) in [6, 6.07) is 7.87. The molecule has 1 heterocycles. The predicted octanol–water partition coefficient (Wildman–Crippen LogP) is 2.34. The van der Waals surface area contributed by atoms with Crippen molar-refractivity contribution >= 4 is 11.6 Å². The molecule has 0 radical (unpaired) electrons. The number of aromatic nitrogens is 2. The highest BCUT2D eigenvalue weighted by Gasteiger charge is 2.02. The maximum atomic E-state index is 6.07. The van der Waals surface area contributed by atoms with Crippen LogP contribution in [0.3, 0.4) is 0 Å². The number of rotatable bonds is 3. The molecule has 0 aliphatic rings. The minimum atomic E-state index is 0.617. The summed E-state index contributed by atoms with van der Waals surface area (Å²) in [5, 5.41) is 5.18. The van der Waals surface area contributed by atoms with E-state index in [1.54, 1.807) is 0 Å². The standard InChI is InChI=1S/C12H14ClN3/c1-9-2-3-11(8-12(9)13)16-7-5-10(15-16)4-6-14/h2-3,5,7-8H,4,6,14H2,1H3. The van der Waals surface area contributed by atoms with Gasteiger partial charge in [-0.2, -0.15) is 5.10 Å². The second-order valence-corrected chi connectivity index (χ2v) is 4.13. The van der Waals surface area contributed by atoms with Crippen molar-refractivity contribution in [3.8, 4) is 5.69 Å². The lowest BCUT2D eigenvalue weighted by molar-refractivity contribution is 0.821. The van der Waals surface area contributed by atoms with Crippen LogP contribution in [0.1, 0.15) is 11.3 Å². The van der Waals surface area contributed by atoms with Crippen LogP contribution in [0, 0.1) is 6.92 Å². The summed E-state index contributed by atoms with van der Waals surface area (Å²) in [6.45, 7) is 2.60. The number of hydrogen-bond donors (Lipinski definition) is 1. The van der Waals surface area contributed by atoms with Crippen LogP contribution in [-0.4, -0.2) is 16.3 Å². The maximum absolute atomic E-state index is 6.07. The number of hydrogen-bond acceptors (Lipinski definition) is 2. The van der Waals surface area contributed by atoms with E-state index in [2.05, 4.69) is 5.10 Å². The SMILES string of the molecule is Cc1ccc(-n2ccc(CCN)n2)cc1Cl. The largest absolute Gasteiger partial charge is 0.330 e. The van der Waals surface area contributed by atoms with Crippen molar-refractivity contribution in [3.63, 3.8) is 0 Å². The minimum Gasteiger partial charge on any atom is -0.330 e. The summed E-state index contributed by atoms with van der Waals surface area (Å²) in [6.07, 6.45) is 2.72. The highest BCUT2D eigenvalue weighted by Crippen LogP contribution is 2.19. The van der Waals surface area contributed by atoms with Gasteiger partial charge >= 0.3 is 0 Å². The van der Waals surface area contributed by atoms with Gasteiger partial charge < -0.3 is 5.73 Å². The molecule has 4 heteroatoms. The molecule has 84 valence electrons. The molecule has 0 saturated heterocycles.